The standard InChI is InChI=1S/C14H28N2O3S/c1-12-4-3-7-14(10-12,11-15)16(2)20(17,18)13-5-8-19-9-6-13/h12-13H,3-11,15H2,1-2H3. The summed E-state index contributed by atoms with van der Waals surface area (Å²) in [6.07, 6.45) is 5.19. The van der Waals surface area contributed by atoms with Crippen molar-refractivity contribution >= 4 is 10.0 Å². The maximum Gasteiger partial charge on any atom is 0.217 e. The molecule has 1 aliphatic carbocycles. The fourth-order valence-corrected chi connectivity index (χ4v) is 5.72. The van der Waals surface area contributed by atoms with Crippen LogP contribution in [0, 0.1) is 5.92 Å². The lowest BCUT2D eigenvalue weighted by Crippen LogP contribution is -2.58. The summed E-state index contributed by atoms with van der Waals surface area (Å²) in [6, 6.07) is 0. The quantitative estimate of drug-likeness (QED) is 0.850. The molecule has 0 amide bonds. The van der Waals surface area contributed by atoms with Crippen molar-refractivity contribution in [3.8, 4) is 0 Å². The molecular formula is C14H28N2O3S. The van der Waals surface area contributed by atoms with Gasteiger partial charge in [-0.05, 0) is 31.6 Å². The fraction of sp³-hybridized carbons (Fsp3) is 1.00. The Morgan fingerprint density at radius 2 is 1.95 bits per heavy atom. The highest BCUT2D eigenvalue weighted by molar-refractivity contribution is 7.89. The van der Waals surface area contributed by atoms with Crippen LogP contribution in [0.5, 0.6) is 0 Å². The van der Waals surface area contributed by atoms with Crippen LogP contribution in [-0.2, 0) is 14.8 Å². The highest BCUT2D eigenvalue weighted by Crippen LogP contribution is 2.38. The Kier molecular flexibility index (Phi) is 5.10. The summed E-state index contributed by atoms with van der Waals surface area (Å²) >= 11 is 0. The van der Waals surface area contributed by atoms with Gasteiger partial charge in [0.2, 0.25) is 10.0 Å². The zero-order chi connectivity index (χ0) is 14.8. The average molecular weight is 304 g/mol. The zero-order valence-corrected chi connectivity index (χ0v) is 13.5. The van der Waals surface area contributed by atoms with E-state index in [4.69, 9.17) is 10.5 Å². The molecule has 2 N–H and O–H groups in total. The van der Waals surface area contributed by atoms with Crippen LogP contribution < -0.4 is 5.73 Å². The van der Waals surface area contributed by atoms with Gasteiger partial charge in [-0.15, -0.1) is 0 Å². The summed E-state index contributed by atoms with van der Waals surface area (Å²) in [5, 5.41) is -0.304. The van der Waals surface area contributed by atoms with Gasteiger partial charge >= 0.3 is 0 Å². The van der Waals surface area contributed by atoms with Gasteiger partial charge in [-0.1, -0.05) is 19.8 Å². The Balaban J connectivity index is 2.20. The highest BCUT2D eigenvalue weighted by Gasteiger charge is 2.45. The lowest BCUT2D eigenvalue weighted by Gasteiger charge is -2.46. The molecule has 1 saturated heterocycles. The van der Waals surface area contributed by atoms with Gasteiger partial charge < -0.3 is 10.5 Å². The van der Waals surface area contributed by atoms with Gasteiger partial charge in [0, 0.05) is 32.3 Å². The number of rotatable bonds is 4. The van der Waals surface area contributed by atoms with Crippen LogP contribution in [-0.4, -0.2) is 50.3 Å². The van der Waals surface area contributed by atoms with E-state index in [0.29, 0.717) is 38.5 Å². The van der Waals surface area contributed by atoms with E-state index in [9.17, 15) is 8.42 Å². The molecule has 2 fully saturated rings. The summed E-state index contributed by atoms with van der Waals surface area (Å²) in [5.41, 5.74) is 5.62. The van der Waals surface area contributed by atoms with Gasteiger partial charge in [0.15, 0.2) is 0 Å². The highest BCUT2D eigenvalue weighted by atomic mass is 32.2. The second kappa shape index (κ2) is 6.30. The molecule has 5 nitrogen and oxygen atoms in total. The molecule has 1 heterocycles. The van der Waals surface area contributed by atoms with Crippen LogP contribution in [0.2, 0.25) is 0 Å². The zero-order valence-electron chi connectivity index (χ0n) is 12.7. The molecule has 0 spiro atoms. The maximum atomic E-state index is 12.9. The van der Waals surface area contributed by atoms with Crippen molar-refractivity contribution in [2.75, 3.05) is 26.8 Å². The topological polar surface area (TPSA) is 72.6 Å². The van der Waals surface area contributed by atoms with Crippen LogP contribution in [0.4, 0.5) is 0 Å². The predicted octanol–water partition coefficient (Wildman–Crippen LogP) is 1.33. The summed E-state index contributed by atoms with van der Waals surface area (Å²) in [4.78, 5) is 0. The van der Waals surface area contributed by atoms with Crippen LogP contribution >= 0.6 is 0 Å². The largest absolute Gasteiger partial charge is 0.381 e. The van der Waals surface area contributed by atoms with Crippen molar-refractivity contribution in [2.45, 2.75) is 56.2 Å². The van der Waals surface area contributed by atoms with Crippen molar-refractivity contribution in [3.05, 3.63) is 0 Å². The first-order chi connectivity index (χ1) is 9.42. The van der Waals surface area contributed by atoms with Crippen molar-refractivity contribution in [2.24, 2.45) is 11.7 Å². The number of nitrogens with zero attached hydrogens (tertiary/aromatic N) is 1. The minimum absolute atomic E-state index is 0.304. The van der Waals surface area contributed by atoms with E-state index in [-0.39, 0.29) is 10.8 Å². The van der Waals surface area contributed by atoms with E-state index in [1.165, 1.54) is 6.42 Å². The molecule has 0 aromatic heterocycles. The van der Waals surface area contributed by atoms with Crippen molar-refractivity contribution < 1.29 is 13.2 Å². The Labute approximate surface area is 122 Å². The van der Waals surface area contributed by atoms with E-state index in [2.05, 4.69) is 6.92 Å². The third kappa shape index (κ3) is 3.03. The first-order valence-corrected chi connectivity index (χ1v) is 9.18. The lowest BCUT2D eigenvalue weighted by molar-refractivity contribution is 0.0920. The van der Waals surface area contributed by atoms with Gasteiger partial charge in [-0.2, -0.15) is 4.31 Å². The summed E-state index contributed by atoms with van der Waals surface area (Å²) < 4.78 is 32.6. The number of hydrogen-bond donors (Lipinski definition) is 1. The van der Waals surface area contributed by atoms with Gasteiger partial charge in [0.1, 0.15) is 0 Å². The van der Waals surface area contributed by atoms with Crippen molar-refractivity contribution in [1.82, 2.24) is 4.31 Å². The Morgan fingerprint density at radius 3 is 2.50 bits per heavy atom. The number of likely N-dealkylation sites (N-methyl/N-ethyl adjacent to an activating group) is 1. The number of ether oxygens (including phenoxy) is 1. The first-order valence-electron chi connectivity index (χ1n) is 7.68. The van der Waals surface area contributed by atoms with Gasteiger partial charge in [0.25, 0.3) is 0 Å². The molecule has 20 heavy (non-hydrogen) atoms. The third-order valence-corrected chi connectivity index (χ3v) is 7.55. The van der Waals surface area contributed by atoms with E-state index < -0.39 is 10.0 Å². The smallest absolute Gasteiger partial charge is 0.217 e. The second-order valence-corrected chi connectivity index (χ2v) is 8.70. The van der Waals surface area contributed by atoms with E-state index in [1.54, 1.807) is 11.4 Å². The van der Waals surface area contributed by atoms with Crippen molar-refractivity contribution in [3.63, 3.8) is 0 Å². The molecule has 2 rings (SSSR count). The predicted molar refractivity (Wildman–Crippen MR) is 79.9 cm³/mol. The summed E-state index contributed by atoms with van der Waals surface area (Å²) in [5.74, 6) is 0.541. The lowest BCUT2D eigenvalue weighted by atomic mass is 9.76. The van der Waals surface area contributed by atoms with E-state index >= 15 is 0 Å². The van der Waals surface area contributed by atoms with Crippen LogP contribution in [0.3, 0.4) is 0 Å². The molecule has 2 atom stereocenters. The monoisotopic (exact) mass is 304 g/mol. The number of nitrogens with two attached hydrogens (primary N) is 1. The molecule has 0 aromatic rings. The van der Waals surface area contributed by atoms with Crippen LogP contribution in [0.15, 0.2) is 0 Å². The Hall–Kier alpha value is -0.170. The molecule has 6 heteroatoms. The maximum absolute atomic E-state index is 12.9. The molecule has 0 radical (unpaired) electrons. The second-order valence-electron chi connectivity index (χ2n) is 6.45. The van der Waals surface area contributed by atoms with E-state index in [1.807, 2.05) is 0 Å². The molecule has 1 aliphatic heterocycles. The van der Waals surface area contributed by atoms with Gasteiger partial charge in [-0.3, -0.25) is 0 Å². The molecule has 0 bridgehead atoms. The van der Waals surface area contributed by atoms with Crippen molar-refractivity contribution in [1.29, 1.82) is 0 Å². The SMILES string of the molecule is CC1CCCC(CN)(N(C)S(=O)(=O)C2CCOCC2)C1. The normalized spacial score (nSPS) is 33.5. The number of hydrogen-bond acceptors (Lipinski definition) is 4. The summed E-state index contributed by atoms with van der Waals surface area (Å²) in [7, 11) is -1.55. The molecule has 0 aromatic carbocycles. The summed E-state index contributed by atoms with van der Waals surface area (Å²) in [6.45, 7) is 3.70. The fourth-order valence-electron chi connectivity index (χ4n) is 3.70. The van der Waals surface area contributed by atoms with Gasteiger partial charge in [0.05, 0.1) is 5.25 Å². The molecular weight excluding hydrogens is 276 g/mol. The Morgan fingerprint density at radius 1 is 1.30 bits per heavy atom. The molecule has 2 unspecified atom stereocenters. The minimum Gasteiger partial charge on any atom is -0.381 e. The molecule has 1 saturated carbocycles. The minimum atomic E-state index is -3.28. The Bertz CT molecular complexity index is 420. The number of sulfonamides is 1. The first kappa shape index (κ1) is 16.2. The average Bonchev–Trinajstić information content (AvgIpc) is 2.47. The van der Waals surface area contributed by atoms with E-state index in [0.717, 1.165) is 19.3 Å². The third-order valence-electron chi connectivity index (χ3n) is 5.09. The van der Waals surface area contributed by atoms with Crippen LogP contribution in [0.1, 0.15) is 45.4 Å². The molecule has 2 aliphatic rings. The van der Waals surface area contributed by atoms with Gasteiger partial charge in [-0.25, -0.2) is 8.42 Å². The van der Waals surface area contributed by atoms with Crippen LogP contribution in [0.25, 0.3) is 0 Å². The molecule has 118 valence electrons.